The molecule has 0 saturated carbocycles. The summed E-state index contributed by atoms with van der Waals surface area (Å²) in [6.45, 7) is 3.14. The Labute approximate surface area is 147 Å². The minimum Gasteiger partial charge on any atom is -0.385 e. The van der Waals surface area contributed by atoms with Crippen molar-refractivity contribution in [3.05, 3.63) is 65.9 Å². The molecule has 1 heterocycles. The number of hydrogen-bond acceptors (Lipinski definition) is 3. The van der Waals surface area contributed by atoms with Crippen LogP contribution in [0.3, 0.4) is 0 Å². The molecule has 25 heavy (non-hydrogen) atoms. The lowest BCUT2D eigenvalue weighted by molar-refractivity contribution is 0.0950. The zero-order valence-corrected chi connectivity index (χ0v) is 14.6. The third-order valence-electron chi connectivity index (χ3n) is 4.11. The van der Waals surface area contributed by atoms with Crippen molar-refractivity contribution in [2.75, 3.05) is 20.3 Å². The van der Waals surface area contributed by atoms with Crippen molar-refractivity contribution in [2.45, 2.75) is 13.3 Å². The Bertz CT molecular complexity index is 876. The van der Waals surface area contributed by atoms with Crippen LogP contribution in [0, 0.1) is 6.92 Å². The van der Waals surface area contributed by atoms with Crippen molar-refractivity contribution < 1.29 is 9.53 Å². The summed E-state index contributed by atoms with van der Waals surface area (Å²) >= 11 is 0. The van der Waals surface area contributed by atoms with Crippen molar-refractivity contribution in [2.24, 2.45) is 0 Å². The lowest BCUT2D eigenvalue weighted by atomic mass is 9.98. The Hall–Kier alpha value is -2.72. The molecule has 128 valence electrons. The first-order valence-electron chi connectivity index (χ1n) is 8.43. The Morgan fingerprint density at radius 2 is 1.92 bits per heavy atom. The summed E-state index contributed by atoms with van der Waals surface area (Å²) in [5, 5.41) is 3.84. The van der Waals surface area contributed by atoms with Crippen LogP contribution in [0.1, 0.15) is 22.5 Å². The number of carbonyl (C=O) groups excluding carboxylic acids is 1. The molecule has 4 heteroatoms. The Morgan fingerprint density at radius 3 is 2.68 bits per heavy atom. The van der Waals surface area contributed by atoms with Gasteiger partial charge in [0.1, 0.15) is 0 Å². The standard InChI is InChI=1S/C21H22N2O2/c1-15-14-19(21(24)22-12-7-13-25-2)18-11-6-10-17(20(18)23-15)16-8-4-3-5-9-16/h3-6,8-11,14H,7,12-13H2,1-2H3,(H,22,24). The highest BCUT2D eigenvalue weighted by Crippen LogP contribution is 2.29. The number of para-hydroxylation sites is 1. The zero-order chi connectivity index (χ0) is 17.6. The van der Waals surface area contributed by atoms with E-state index in [4.69, 9.17) is 9.72 Å². The molecule has 3 rings (SSSR count). The number of carbonyl (C=O) groups is 1. The molecule has 0 fully saturated rings. The molecule has 0 spiro atoms. The van der Waals surface area contributed by atoms with Gasteiger partial charge in [-0.25, -0.2) is 0 Å². The van der Waals surface area contributed by atoms with Gasteiger partial charge in [-0.15, -0.1) is 0 Å². The summed E-state index contributed by atoms with van der Waals surface area (Å²) in [5.41, 5.74) is 4.49. The van der Waals surface area contributed by atoms with Crippen LogP contribution in [0.25, 0.3) is 22.0 Å². The van der Waals surface area contributed by atoms with E-state index in [9.17, 15) is 4.79 Å². The van der Waals surface area contributed by atoms with E-state index in [0.717, 1.165) is 34.1 Å². The predicted molar refractivity (Wildman–Crippen MR) is 101 cm³/mol. The average Bonchev–Trinajstić information content (AvgIpc) is 2.64. The number of benzene rings is 2. The highest BCUT2D eigenvalue weighted by Gasteiger charge is 2.14. The maximum absolute atomic E-state index is 12.6. The van der Waals surface area contributed by atoms with Gasteiger partial charge in [0, 0.05) is 36.9 Å². The molecule has 0 radical (unpaired) electrons. The summed E-state index contributed by atoms with van der Waals surface area (Å²) in [6.07, 6.45) is 0.791. The molecule has 0 saturated heterocycles. The number of aromatic nitrogens is 1. The van der Waals surface area contributed by atoms with Crippen molar-refractivity contribution in [1.29, 1.82) is 0 Å². The quantitative estimate of drug-likeness (QED) is 0.694. The number of rotatable bonds is 6. The van der Waals surface area contributed by atoms with Gasteiger partial charge in [-0.1, -0.05) is 48.5 Å². The molecule has 4 nitrogen and oxygen atoms in total. The first-order chi connectivity index (χ1) is 12.2. The molecule has 0 unspecified atom stereocenters. The fraction of sp³-hybridized carbons (Fsp3) is 0.238. The fourth-order valence-electron chi connectivity index (χ4n) is 2.93. The van der Waals surface area contributed by atoms with Crippen molar-refractivity contribution in [3.8, 4) is 11.1 Å². The second-order valence-electron chi connectivity index (χ2n) is 5.98. The molecule has 1 N–H and O–H groups in total. The van der Waals surface area contributed by atoms with Gasteiger partial charge in [0.2, 0.25) is 0 Å². The van der Waals surface area contributed by atoms with E-state index < -0.39 is 0 Å². The van der Waals surface area contributed by atoms with E-state index in [2.05, 4.69) is 17.4 Å². The van der Waals surface area contributed by atoms with Crippen LogP contribution in [0.2, 0.25) is 0 Å². The summed E-state index contributed by atoms with van der Waals surface area (Å²) in [6, 6.07) is 18.0. The topological polar surface area (TPSA) is 51.2 Å². The smallest absolute Gasteiger partial charge is 0.252 e. The number of ether oxygens (including phenoxy) is 1. The second-order valence-corrected chi connectivity index (χ2v) is 5.98. The van der Waals surface area contributed by atoms with Crippen molar-refractivity contribution in [1.82, 2.24) is 10.3 Å². The molecule has 0 aliphatic heterocycles. The third-order valence-corrected chi connectivity index (χ3v) is 4.11. The summed E-state index contributed by atoms with van der Waals surface area (Å²) in [4.78, 5) is 17.3. The van der Waals surface area contributed by atoms with E-state index in [1.807, 2.05) is 49.4 Å². The zero-order valence-electron chi connectivity index (χ0n) is 14.6. The van der Waals surface area contributed by atoms with Crippen LogP contribution in [0.4, 0.5) is 0 Å². The molecular weight excluding hydrogens is 312 g/mol. The Balaban J connectivity index is 2.02. The van der Waals surface area contributed by atoms with E-state index in [1.54, 1.807) is 7.11 Å². The highest BCUT2D eigenvalue weighted by molar-refractivity contribution is 6.09. The monoisotopic (exact) mass is 334 g/mol. The Kier molecular flexibility index (Phi) is 5.41. The molecule has 1 amide bonds. The van der Waals surface area contributed by atoms with Crippen LogP contribution < -0.4 is 5.32 Å². The minimum absolute atomic E-state index is 0.0724. The molecule has 0 aliphatic rings. The second kappa shape index (κ2) is 7.90. The number of aryl methyl sites for hydroxylation is 1. The molecule has 0 bridgehead atoms. The molecule has 0 aliphatic carbocycles. The lowest BCUT2D eigenvalue weighted by Crippen LogP contribution is -2.25. The minimum atomic E-state index is -0.0724. The fourth-order valence-corrected chi connectivity index (χ4v) is 2.93. The molecule has 2 aromatic carbocycles. The van der Waals surface area contributed by atoms with Gasteiger partial charge in [-0.05, 0) is 25.0 Å². The summed E-state index contributed by atoms with van der Waals surface area (Å²) in [7, 11) is 1.66. The van der Waals surface area contributed by atoms with Gasteiger partial charge in [0.25, 0.3) is 5.91 Å². The molecule has 0 atom stereocenters. The highest BCUT2D eigenvalue weighted by atomic mass is 16.5. The maximum Gasteiger partial charge on any atom is 0.252 e. The normalized spacial score (nSPS) is 10.8. The van der Waals surface area contributed by atoms with Gasteiger partial charge in [0.15, 0.2) is 0 Å². The van der Waals surface area contributed by atoms with Gasteiger partial charge in [-0.2, -0.15) is 0 Å². The predicted octanol–water partition coefficient (Wildman–Crippen LogP) is 3.98. The largest absolute Gasteiger partial charge is 0.385 e. The molecular formula is C21H22N2O2. The number of pyridine rings is 1. The van der Waals surface area contributed by atoms with Crippen LogP contribution >= 0.6 is 0 Å². The number of nitrogens with one attached hydrogen (secondary N) is 1. The average molecular weight is 334 g/mol. The number of hydrogen-bond donors (Lipinski definition) is 1. The van der Waals surface area contributed by atoms with Crippen LogP contribution in [-0.4, -0.2) is 31.2 Å². The molecule has 3 aromatic rings. The van der Waals surface area contributed by atoms with Gasteiger partial charge >= 0.3 is 0 Å². The number of methoxy groups -OCH3 is 1. The first kappa shape index (κ1) is 17.1. The van der Waals surface area contributed by atoms with Gasteiger partial charge in [0.05, 0.1) is 11.1 Å². The lowest BCUT2D eigenvalue weighted by Gasteiger charge is -2.12. The maximum atomic E-state index is 12.6. The van der Waals surface area contributed by atoms with Crippen molar-refractivity contribution >= 4 is 16.8 Å². The van der Waals surface area contributed by atoms with E-state index >= 15 is 0 Å². The summed E-state index contributed by atoms with van der Waals surface area (Å²) in [5.74, 6) is -0.0724. The molecule has 1 aromatic heterocycles. The number of fused-ring (bicyclic) bond motifs is 1. The van der Waals surface area contributed by atoms with E-state index in [0.29, 0.717) is 18.7 Å². The number of amides is 1. The van der Waals surface area contributed by atoms with Crippen LogP contribution in [-0.2, 0) is 4.74 Å². The summed E-state index contributed by atoms with van der Waals surface area (Å²) < 4.78 is 5.02. The van der Waals surface area contributed by atoms with E-state index in [-0.39, 0.29) is 5.91 Å². The van der Waals surface area contributed by atoms with Crippen molar-refractivity contribution in [3.63, 3.8) is 0 Å². The van der Waals surface area contributed by atoms with Crippen LogP contribution in [0.15, 0.2) is 54.6 Å². The SMILES string of the molecule is COCCCNC(=O)c1cc(C)nc2c(-c3ccccc3)cccc12. The van der Waals surface area contributed by atoms with Crippen LogP contribution in [0.5, 0.6) is 0 Å². The van der Waals surface area contributed by atoms with E-state index in [1.165, 1.54) is 0 Å². The Morgan fingerprint density at radius 1 is 1.12 bits per heavy atom. The third kappa shape index (κ3) is 3.86. The van der Waals surface area contributed by atoms with Gasteiger partial charge in [-0.3, -0.25) is 9.78 Å². The first-order valence-corrected chi connectivity index (χ1v) is 8.43. The van der Waals surface area contributed by atoms with Gasteiger partial charge < -0.3 is 10.1 Å². The number of nitrogens with zero attached hydrogens (tertiary/aromatic N) is 1.